The van der Waals surface area contributed by atoms with Crippen molar-refractivity contribution < 1.29 is 43.7 Å². The van der Waals surface area contributed by atoms with Crippen LogP contribution < -0.4 is 8.92 Å². The van der Waals surface area contributed by atoms with E-state index in [1.165, 1.54) is 31.5 Å². The number of aromatic nitrogens is 1. The lowest BCUT2D eigenvalue weighted by atomic mass is 10.0. The lowest BCUT2D eigenvalue weighted by molar-refractivity contribution is 0.346. The molecule has 0 aliphatic carbocycles. The van der Waals surface area contributed by atoms with Crippen molar-refractivity contribution in [1.29, 1.82) is 0 Å². The first-order valence-corrected chi connectivity index (χ1v) is 11.1. The molecule has 4 rings (SSSR count). The van der Waals surface area contributed by atoms with Gasteiger partial charge in [0, 0.05) is 23.2 Å². The SMILES string of the molecule is COc1cc(F)c(Cl)cc1-c1nccc2cc(S(=O)(=O)Oc3c(F)c(F)c(F)c(F)c3F)ccc12. The molecule has 0 saturated heterocycles. The van der Waals surface area contributed by atoms with Gasteiger partial charge in [0.05, 0.1) is 17.8 Å². The summed E-state index contributed by atoms with van der Waals surface area (Å²) < 4.78 is 116. The normalized spacial score (nSPS) is 11.7. The summed E-state index contributed by atoms with van der Waals surface area (Å²) in [6.07, 6.45) is 1.29. The maximum Gasteiger partial charge on any atom is 0.339 e. The minimum Gasteiger partial charge on any atom is -0.496 e. The Kier molecular flexibility index (Phi) is 6.28. The highest BCUT2D eigenvalue weighted by Gasteiger charge is 2.31. The molecular formula is C22H10ClF6NO4S. The van der Waals surface area contributed by atoms with Crippen molar-refractivity contribution in [2.75, 3.05) is 7.11 Å². The van der Waals surface area contributed by atoms with Crippen LogP contribution >= 0.6 is 11.6 Å². The molecular weight excluding hydrogens is 524 g/mol. The average molecular weight is 534 g/mol. The highest BCUT2D eigenvalue weighted by molar-refractivity contribution is 7.87. The van der Waals surface area contributed by atoms with Crippen LogP contribution in [-0.4, -0.2) is 20.5 Å². The smallest absolute Gasteiger partial charge is 0.339 e. The standard InChI is InChI=1S/C22H10ClF6NO4S/c1-33-15-8-14(24)13(23)7-12(15)21-11-3-2-10(6-9(11)4-5-30-21)35(31,32)34-22-19(28)17(26)16(25)18(27)20(22)29/h2-8H,1H3. The maximum atomic E-state index is 13.9. The average Bonchev–Trinajstić information content (AvgIpc) is 2.84. The first-order chi connectivity index (χ1) is 16.5. The van der Waals surface area contributed by atoms with E-state index >= 15 is 0 Å². The van der Waals surface area contributed by atoms with Crippen LogP contribution in [-0.2, 0) is 10.1 Å². The molecule has 35 heavy (non-hydrogen) atoms. The minimum absolute atomic E-state index is 0.0817. The van der Waals surface area contributed by atoms with Gasteiger partial charge in [0.2, 0.25) is 34.8 Å². The molecule has 0 fully saturated rings. The number of rotatable bonds is 5. The number of nitrogens with zero attached hydrogens (tertiary/aromatic N) is 1. The van der Waals surface area contributed by atoms with E-state index in [1.54, 1.807) is 0 Å². The minimum atomic E-state index is -5.05. The quantitative estimate of drug-likeness (QED) is 0.133. The van der Waals surface area contributed by atoms with E-state index in [1.807, 2.05) is 0 Å². The molecule has 0 radical (unpaired) electrons. The molecule has 0 N–H and O–H groups in total. The molecule has 0 spiro atoms. The summed E-state index contributed by atoms with van der Waals surface area (Å²) in [5.41, 5.74) is 0.503. The van der Waals surface area contributed by atoms with E-state index in [9.17, 15) is 34.8 Å². The number of hydrogen-bond donors (Lipinski definition) is 0. The van der Waals surface area contributed by atoms with Crippen LogP contribution in [0.1, 0.15) is 0 Å². The molecule has 0 aliphatic heterocycles. The predicted octanol–water partition coefficient (Wildman–Crippen LogP) is 6.17. The number of ether oxygens (including phenoxy) is 1. The molecule has 1 aromatic heterocycles. The molecule has 0 amide bonds. The predicted molar refractivity (Wildman–Crippen MR) is 113 cm³/mol. The lowest BCUT2D eigenvalue weighted by Gasteiger charge is -2.13. The Morgan fingerprint density at radius 3 is 2.11 bits per heavy atom. The zero-order valence-corrected chi connectivity index (χ0v) is 18.7. The van der Waals surface area contributed by atoms with Crippen molar-refractivity contribution in [3.05, 3.63) is 82.5 Å². The van der Waals surface area contributed by atoms with Crippen LogP contribution in [0.5, 0.6) is 11.5 Å². The molecule has 3 aromatic carbocycles. The molecule has 0 saturated carbocycles. The Balaban J connectivity index is 1.82. The van der Waals surface area contributed by atoms with Gasteiger partial charge < -0.3 is 8.92 Å². The Morgan fingerprint density at radius 1 is 0.857 bits per heavy atom. The van der Waals surface area contributed by atoms with Gasteiger partial charge in [-0.15, -0.1) is 0 Å². The number of fused-ring (bicyclic) bond motifs is 1. The second kappa shape index (κ2) is 8.93. The largest absolute Gasteiger partial charge is 0.496 e. The molecule has 13 heteroatoms. The zero-order valence-electron chi connectivity index (χ0n) is 17.2. The summed E-state index contributed by atoms with van der Waals surface area (Å²) in [5.74, 6) is -14.7. The number of halogens is 7. The Hall–Kier alpha value is -3.51. The monoisotopic (exact) mass is 533 g/mol. The van der Waals surface area contributed by atoms with E-state index in [0.717, 1.165) is 18.2 Å². The number of methoxy groups -OCH3 is 1. The van der Waals surface area contributed by atoms with Crippen LogP contribution in [0, 0.1) is 34.9 Å². The van der Waals surface area contributed by atoms with Gasteiger partial charge in [-0.3, -0.25) is 4.98 Å². The first kappa shape index (κ1) is 24.6. The van der Waals surface area contributed by atoms with Crippen LogP contribution in [0.3, 0.4) is 0 Å². The number of pyridine rings is 1. The van der Waals surface area contributed by atoms with Gasteiger partial charge in [0.15, 0.2) is 0 Å². The van der Waals surface area contributed by atoms with Crippen LogP contribution in [0.15, 0.2) is 47.5 Å². The fourth-order valence-electron chi connectivity index (χ4n) is 3.22. The highest BCUT2D eigenvalue weighted by atomic mass is 35.5. The van der Waals surface area contributed by atoms with E-state index in [2.05, 4.69) is 9.17 Å². The van der Waals surface area contributed by atoms with Crippen LogP contribution in [0.25, 0.3) is 22.0 Å². The lowest BCUT2D eigenvalue weighted by Crippen LogP contribution is -2.14. The van der Waals surface area contributed by atoms with Gasteiger partial charge >= 0.3 is 10.1 Å². The van der Waals surface area contributed by atoms with Gasteiger partial charge in [0.25, 0.3) is 0 Å². The van der Waals surface area contributed by atoms with Crippen molar-refractivity contribution in [3.8, 4) is 22.8 Å². The fraction of sp³-hybridized carbons (Fsp3) is 0.0455. The zero-order chi connectivity index (χ0) is 25.7. The van der Waals surface area contributed by atoms with E-state index in [4.69, 9.17) is 16.3 Å². The fourth-order valence-corrected chi connectivity index (χ4v) is 4.36. The second-order valence-corrected chi connectivity index (χ2v) is 8.90. The van der Waals surface area contributed by atoms with E-state index in [-0.39, 0.29) is 27.4 Å². The number of hydrogen-bond acceptors (Lipinski definition) is 5. The molecule has 0 aliphatic rings. The molecule has 4 aromatic rings. The van der Waals surface area contributed by atoms with Crippen molar-refractivity contribution in [3.63, 3.8) is 0 Å². The summed E-state index contributed by atoms with van der Waals surface area (Å²) in [7, 11) is -3.76. The summed E-state index contributed by atoms with van der Waals surface area (Å²) in [6.45, 7) is 0. The third-order valence-electron chi connectivity index (χ3n) is 4.88. The third-order valence-corrected chi connectivity index (χ3v) is 6.39. The first-order valence-electron chi connectivity index (χ1n) is 9.34. The Morgan fingerprint density at radius 2 is 1.49 bits per heavy atom. The molecule has 0 unspecified atom stereocenters. The van der Waals surface area contributed by atoms with Gasteiger partial charge in [-0.2, -0.15) is 17.2 Å². The van der Waals surface area contributed by atoms with Gasteiger partial charge in [-0.25, -0.2) is 17.6 Å². The summed E-state index contributed by atoms with van der Waals surface area (Å²) in [4.78, 5) is 3.55. The highest BCUT2D eigenvalue weighted by Crippen LogP contribution is 2.38. The molecule has 5 nitrogen and oxygen atoms in total. The van der Waals surface area contributed by atoms with Gasteiger partial charge in [0.1, 0.15) is 16.5 Å². The third kappa shape index (κ3) is 4.23. The van der Waals surface area contributed by atoms with Crippen molar-refractivity contribution in [2.45, 2.75) is 4.90 Å². The van der Waals surface area contributed by atoms with Gasteiger partial charge in [-0.1, -0.05) is 17.7 Å². The van der Waals surface area contributed by atoms with Crippen molar-refractivity contribution in [2.24, 2.45) is 0 Å². The van der Waals surface area contributed by atoms with Crippen molar-refractivity contribution >= 4 is 32.5 Å². The topological polar surface area (TPSA) is 65.5 Å². The number of benzene rings is 3. The molecule has 0 atom stereocenters. The van der Waals surface area contributed by atoms with Gasteiger partial charge in [-0.05, 0) is 29.7 Å². The van der Waals surface area contributed by atoms with E-state index in [0.29, 0.717) is 5.39 Å². The second-order valence-electron chi connectivity index (χ2n) is 6.95. The Labute approximate surface area is 198 Å². The summed E-state index contributed by atoms with van der Waals surface area (Å²) in [6, 6.07) is 6.92. The van der Waals surface area contributed by atoms with Crippen molar-refractivity contribution in [1.82, 2.24) is 4.98 Å². The molecule has 0 bridgehead atoms. The summed E-state index contributed by atoms with van der Waals surface area (Å²) >= 11 is 5.87. The van der Waals surface area contributed by atoms with E-state index < -0.39 is 55.7 Å². The molecule has 1 heterocycles. The Bertz CT molecular complexity index is 1590. The van der Waals surface area contributed by atoms with Crippen LogP contribution in [0.4, 0.5) is 26.3 Å². The maximum absolute atomic E-state index is 13.9. The van der Waals surface area contributed by atoms with Crippen LogP contribution in [0.2, 0.25) is 5.02 Å². The molecule has 182 valence electrons. The summed E-state index contributed by atoms with van der Waals surface area (Å²) in [5, 5.41) is 0.332.